The van der Waals surface area contributed by atoms with Crippen LogP contribution in [0.5, 0.6) is 0 Å². The average molecular weight is 275 g/mol. The highest BCUT2D eigenvalue weighted by Crippen LogP contribution is 2.22. The van der Waals surface area contributed by atoms with E-state index in [9.17, 15) is 4.79 Å². The molecule has 0 radical (unpaired) electrons. The topological polar surface area (TPSA) is 39.8 Å². The second kappa shape index (κ2) is 4.31. The van der Waals surface area contributed by atoms with Gasteiger partial charge in [0.2, 0.25) is 0 Å². The summed E-state index contributed by atoms with van der Waals surface area (Å²) in [5, 5.41) is 2.26. The molecule has 0 spiro atoms. The molecule has 0 atom stereocenters. The molecule has 0 bridgehead atoms. The first kappa shape index (κ1) is 11.9. The molecule has 0 amide bonds. The largest absolute Gasteiger partial charge is 0.352 e. The Kier molecular flexibility index (Phi) is 2.44. The summed E-state index contributed by atoms with van der Waals surface area (Å²) in [6, 6.07) is 14.1. The van der Waals surface area contributed by atoms with Gasteiger partial charge in [0.1, 0.15) is 5.69 Å². The van der Waals surface area contributed by atoms with E-state index in [2.05, 4.69) is 11.1 Å². The molecule has 0 unspecified atom stereocenters. The van der Waals surface area contributed by atoms with Crippen LogP contribution in [0, 0.1) is 0 Å². The zero-order chi connectivity index (χ0) is 14.4. The van der Waals surface area contributed by atoms with E-state index in [0.717, 1.165) is 16.3 Å². The smallest absolute Gasteiger partial charge is 0.282 e. The van der Waals surface area contributed by atoms with Crippen molar-refractivity contribution in [1.29, 1.82) is 0 Å². The van der Waals surface area contributed by atoms with Crippen LogP contribution in [-0.4, -0.2) is 14.1 Å². The Bertz CT molecular complexity index is 981. The van der Waals surface area contributed by atoms with Gasteiger partial charge >= 0.3 is 0 Å². The average Bonchev–Trinajstić information content (AvgIpc) is 2.83. The van der Waals surface area contributed by atoms with Crippen LogP contribution in [0.2, 0.25) is 0 Å². The van der Waals surface area contributed by atoms with E-state index in [-0.39, 0.29) is 5.56 Å². The van der Waals surface area contributed by atoms with Gasteiger partial charge in [-0.15, -0.1) is 0 Å². The lowest BCUT2D eigenvalue weighted by Gasteiger charge is -2.02. The minimum atomic E-state index is -0.0825. The van der Waals surface area contributed by atoms with E-state index in [0.29, 0.717) is 11.5 Å². The third kappa shape index (κ3) is 1.84. The van der Waals surface area contributed by atoms with Crippen molar-refractivity contribution in [3.63, 3.8) is 0 Å². The molecule has 2 heterocycles. The van der Waals surface area contributed by atoms with Gasteiger partial charge in [0.15, 0.2) is 5.82 Å². The Morgan fingerprint density at radius 1 is 1.00 bits per heavy atom. The summed E-state index contributed by atoms with van der Waals surface area (Å²) in [4.78, 5) is 16.9. The first-order valence-corrected chi connectivity index (χ1v) is 6.76. The van der Waals surface area contributed by atoms with E-state index < -0.39 is 0 Å². The molecule has 0 N–H and O–H groups in total. The molecule has 0 saturated carbocycles. The summed E-state index contributed by atoms with van der Waals surface area (Å²) >= 11 is 0. The molecule has 0 fully saturated rings. The predicted molar refractivity (Wildman–Crippen MR) is 82.9 cm³/mol. The van der Waals surface area contributed by atoms with Crippen molar-refractivity contribution in [1.82, 2.24) is 14.1 Å². The van der Waals surface area contributed by atoms with Crippen molar-refractivity contribution in [2.24, 2.45) is 7.05 Å². The van der Waals surface area contributed by atoms with Gasteiger partial charge in [0.05, 0.1) is 0 Å². The van der Waals surface area contributed by atoms with Gasteiger partial charge in [-0.25, -0.2) is 4.98 Å². The van der Waals surface area contributed by atoms with Crippen LogP contribution in [0.1, 0.15) is 0 Å². The van der Waals surface area contributed by atoms with Gasteiger partial charge in [-0.1, -0.05) is 36.4 Å². The highest BCUT2D eigenvalue weighted by atomic mass is 16.1. The molecule has 4 nitrogen and oxygen atoms in total. The Labute approximate surface area is 121 Å². The van der Waals surface area contributed by atoms with Crippen LogP contribution in [0.25, 0.3) is 27.8 Å². The predicted octanol–water partition coefficient (Wildman–Crippen LogP) is 2.83. The minimum Gasteiger partial charge on any atom is -0.352 e. The van der Waals surface area contributed by atoms with Crippen LogP contribution in [0.4, 0.5) is 0 Å². The quantitative estimate of drug-likeness (QED) is 0.536. The van der Waals surface area contributed by atoms with E-state index in [4.69, 9.17) is 0 Å². The van der Waals surface area contributed by atoms with Gasteiger partial charge in [-0.2, -0.15) is 0 Å². The van der Waals surface area contributed by atoms with E-state index in [1.807, 2.05) is 60.4 Å². The molecule has 2 aromatic carbocycles. The fraction of sp³-hybridized carbons (Fsp3) is 0.0588. The molecule has 2 aliphatic rings. The van der Waals surface area contributed by atoms with Gasteiger partial charge in [0.25, 0.3) is 5.56 Å². The molecule has 21 heavy (non-hydrogen) atoms. The standard InChI is InChI=1S/C17H13N3O/c1-19-8-9-20-15(11-19)18-16(17(20)21)14-7-6-12-4-2-3-5-13(12)10-14/h2-11H,1H3. The van der Waals surface area contributed by atoms with Crippen LogP contribution in [0.3, 0.4) is 0 Å². The number of nitrogens with zero attached hydrogens (tertiary/aromatic N) is 3. The van der Waals surface area contributed by atoms with E-state index in [1.165, 1.54) is 0 Å². The highest BCUT2D eigenvalue weighted by molar-refractivity contribution is 5.86. The minimum absolute atomic E-state index is 0.0825. The summed E-state index contributed by atoms with van der Waals surface area (Å²) in [6.45, 7) is 0. The normalized spacial score (nSPS) is 11.3. The summed E-state index contributed by atoms with van der Waals surface area (Å²) < 4.78 is 3.45. The number of fused-ring (bicyclic) bond motifs is 2. The number of hydrogen-bond donors (Lipinski definition) is 0. The lowest BCUT2D eigenvalue weighted by atomic mass is 10.1. The number of hydrogen-bond acceptors (Lipinski definition) is 2. The maximum Gasteiger partial charge on any atom is 0.282 e. The zero-order valence-corrected chi connectivity index (χ0v) is 11.5. The molecule has 2 aromatic rings. The summed E-state index contributed by atoms with van der Waals surface area (Å²) in [5.41, 5.74) is 1.26. The van der Waals surface area contributed by atoms with Crippen molar-refractivity contribution in [2.75, 3.05) is 0 Å². The molecule has 4 heteroatoms. The van der Waals surface area contributed by atoms with Crippen molar-refractivity contribution in [3.8, 4) is 17.1 Å². The molecular weight excluding hydrogens is 262 g/mol. The number of aryl methyl sites for hydroxylation is 1. The summed E-state index contributed by atoms with van der Waals surface area (Å²) in [5.74, 6) is 0.660. The maximum absolute atomic E-state index is 12.5. The van der Waals surface area contributed by atoms with E-state index >= 15 is 0 Å². The highest BCUT2D eigenvalue weighted by Gasteiger charge is 2.15. The molecule has 102 valence electrons. The molecule has 0 aliphatic carbocycles. The number of rotatable bonds is 1. The SMILES string of the molecule is Cn1ccn2c(=O)c(-c3ccc4ccccc4c3)nc-2c1. The monoisotopic (exact) mass is 275 g/mol. The Morgan fingerprint density at radius 2 is 1.81 bits per heavy atom. The van der Waals surface area contributed by atoms with E-state index in [1.54, 1.807) is 10.8 Å². The fourth-order valence-corrected chi connectivity index (χ4v) is 2.59. The van der Waals surface area contributed by atoms with Crippen molar-refractivity contribution >= 4 is 10.8 Å². The number of aromatic nitrogens is 3. The Morgan fingerprint density at radius 3 is 2.67 bits per heavy atom. The van der Waals surface area contributed by atoms with Crippen molar-refractivity contribution < 1.29 is 0 Å². The molecule has 4 rings (SSSR count). The van der Waals surface area contributed by atoms with Crippen LogP contribution < -0.4 is 5.56 Å². The third-order valence-electron chi connectivity index (χ3n) is 3.69. The zero-order valence-electron chi connectivity index (χ0n) is 11.5. The van der Waals surface area contributed by atoms with Crippen LogP contribution in [-0.2, 0) is 7.05 Å². The maximum atomic E-state index is 12.5. The first-order valence-electron chi connectivity index (χ1n) is 6.76. The second-order valence-corrected chi connectivity index (χ2v) is 5.15. The molecule has 2 aliphatic heterocycles. The molecule has 0 saturated heterocycles. The van der Waals surface area contributed by atoms with Gasteiger partial charge in [-0.05, 0) is 16.8 Å². The third-order valence-corrected chi connectivity index (χ3v) is 3.69. The molecule has 0 aromatic heterocycles. The number of imidazole rings is 1. The second-order valence-electron chi connectivity index (χ2n) is 5.15. The summed E-state index contributed by atoms with van der Waals surface area (Å²) in [6.07, 6.45) is 5.42. The van der Waals surface area contributed by atoms with Crippen LogP contribution >= 0.6 is 0 Å². The van der Waals surface area contributed by atoms with Gasteiger partial charge in [0, 0.05) is 31.2 Å². The first-order chi connectivity index (χ1) is 10.2. The number of benzene rings is 2. The lowest BCUT2D eigenvalue weighted by molar-refractivity contribution is 0.837. The fourth-order valence-electron chi connectivity index (χ4n) is 2.59. The summed E-state index contributed by atoms with van der Waals surface area (Å²) in [7, 11) is 1.91. The van der Waals surface area contributed by atoms with Gasteiger partial charge in [-0.3, -0.25) is 9.36 Å². The Balaban J connectivity index is 1.98. The van der Waals surface area contributed by atoms with Crippen molar-refractivity contribution in [3.05, 3.63) is 71.4 Å². The lowest BCUT2D eigenvalue weighted by Crippen LogP contribution is -2.14. The molecular formula is C17H13N3O. The van der Waals surface area contributed by atoms with Crippen molar-refractivity contribution in [2.45, 2.75) is 0 Å². The Hall–Kier alpha value is -2.88. The van der Waals surface area contributed by atoms with Gasteiger partial charge < -0.3 is 4.57 Å². The van der Waals surface area contributed by atoms with Crippen LogP contribution in [0.15, 0.2) is 65.8 Å².